The van der Waals surface area contributed by atoms with Gasteiger partial charge in [-0.25, -0.2) is 4.79 Å². The third-order valence-electron chi connectivity index (χ3n) is 4.75. The summed E-state index contributed by atoms with van der Waals surface area (Å²) in [6, 6.07) is 9.46. The number of amides is 1. The molecule has 2 aliphatic rings. The van der Waals surface area contributed by atoms with Crippen molar-refractivity contribution < 1.29 is 19.2 Å². The van der Waals surface area contributed by atoms with Crippen molar-refractivity contribution in [3.8, 4) is 5.75 Å². The van der Waals surface area contributed by atoms with Crippen LogP contribution in [0.15, 0.2) is 30.3 Å². The van der Waals surface area contributed by atoms with E-state index in [2.05, 4.69) is 15.5 Å². The zero-order chi connectivity index (χ0) is 18.2. The highest BCUT2D eigenvalue weighted by Gasteiger charge is 2.29. The topological polar surface area (TPSA) is 83.1 Å². The molecule has 158 valence electrons. The van der Waals surface area contributed by atoms with Gasteiger partial charge in [-0.1, -0.05) is 18.2 Å². The first-order valence-corrected chi connectivity index (χ1v) is 9.09. The number of benzene rings is 1. The van der Waals surface area contributed by atoms with E-state index in [4.69, 9.17) is 9.57 Å². The van der Waals surface area contributed by atoms with E-state index >= 15 is 0 Å². The molecule has 1 unspecified atom stereocenters. The molecule has 2 heterocycles. The number of para-hydroxylation sites is 1. The standard InChI is InChI=1S/C18H26N4O4.2ClH/c23-14-20-17(25-16-4-2-1-3-5-16)18(24)26-22-12-10-21(11-13-22)15-6-8-19-9-7-15;;/h1-5,14-15,17,19H,6-13H2,(H,20,23);2*1H. The van der Waals surface area contributed by atoms with Gasteiger partial charge in [0, 0.05) is 32.2 Å². The highest BCUT2D eigenvalue weighted by molar-refractivity contribution is 5.85. The summed E-state index contributed by atoms with van der Waals surface area (Å²) in [6.07, 6.45) is 1.59. The quantitative estimate of drug-likeness (QED) is 0.485. The molecule has 2 aliphatic heterocycles. The van der Waals surface area contributed by atoms with Crippen LogP contribution < -0.4 is 15.4 Å². The summed E-state index contributed by atoms with van der Waals surface area (Å²) in [5, 5.41) is 7.38. The van der Waals surface area contributed by atoms with Gasteiger partial charge in [0.2, 0.25) is 6.41 Å². The van der Waals surface area contributed by atoms with Gasteiger partial charge in [-0.2, -0.15) is 0 Å². The SMILES string of the molecule is Cl.Cl.O=CNC(Oc1ccccc1)C(=O)ON1CCN(C2CCNCC2)CC1. The van der Waals surface area contributed by atoms with E-state index < -0.39 is 12.2 Å². The lowest BCUT2D eigenvalue weighted by Crippen LogP contribution is -2.54. The number of rotatable bonds is 7. The van der Waals surface area contributed by atoms with E-state index in [1.165, 1.54) is 0 Å². The molecule has 2 fully saturated rings. The molecule has 1 atom stereocenters. The Morgan fingerprint density at radius 3 is 2.36 bits per heavy atom. The predicted octanol–water partition coefficient (Wildman–Crippen LogP) is 0.809. The number of piperidine rings is 1. The maximum Gasteiger partial charge on any atom is 0.387 e. The zero-order valence-corrected chi connectivity index (χ0v) is 17.3. The van der Waals surface area contributed by atoms with E-state index in [0.29, 0.717) is 31.3 Å². The first-order valence-electron chi connectivity index (χ1n) is 9.09. The summed E-state index contributed by atoms with van der Waals surface area (Å²) in [5.41, 5.74) is 0. The van der Waals surface area contributed by atoms with Crippen LogP contribution in [0.5, 0.6) is 5.75 Å². The highest BCUT2D eigenvalue weighted by atomic mass is 35.5. The predicted molar refractivity (Wildman–Crippen MR) is 110 cm³/mol. The van der Waals surface area contributed by atoms with Crippen LogP contribution in [0.1, 0.15) is 12.8 Å². The van der Waals surface area contributed by atoms with Gasteiger partial charge in [-0.05, 0) is 38.1 Å². The molecule has 8 nitrogen and oxygen atoms in total. The highest BCUT2D eigenvalue weighted by Crippen LogP contribution is 2.15. The van der Waals surface area contributed by atoms with Crippen molar-refractivity contribution >= 4 is 37.2 Å². The molecule has 10 heteroatoms. The molecule has 1 amide bonds. The molecule has 0 bridgehead atoms. The number of carbonyl (C=O) groups is 2. The maximum absolute atomic E-state index is 12.4. The van der Waals surface area contributed by atoms with Gasteiger partial charge >= 0.3 is 5.97 Å². The zero-order valence-electron chi connectivity index (χ0n) is 15.6. The second-order valence-electron chi connectivity index (χ2n) is 6.45. The van der Waals surface area contributed by atoms with Gasteiger partial charge in [0.05, 0.1) is 0 Å². The first-order chi connectivity index (χ1) is 12.8. The lowest BCUT2D eigenvalue weighted by atomic mass is 10.0. The van der Waals surface area contributed by atoms with Crippen LogP contribution in [0, 0.1) is 0 Å². The minimum Gasteiger partial charge on any atom is -0.459 e. The van der Waals surface area contributed by atoms with Crippen molar-refractivity contribution in [2.75, 3.05) is 39.3 Å². The summed E-state index contributed by atoms with van der Waals surface area (Å²) in [7, 11) is 0. The molecule has 0 aromatic heterocycles. The number of hydrogen-bond donors (Lipinski definition) is 2. The molecule has 2 N–H and O–H groups in total. The Morgan fingerprint density at radius 1 is 1.11 bits per heavy atom. The van der Waals surface area contributed by atoms with Gasteiger partial charge in [0.25, 0.3) is 6.23 Å². The molecule has 0 saturated carbocycles. The maximum atomic E-state index is 12.4. The molecule has 0 radical (unpaired) electrons. The van der Waals surface area contributed by atoms with Crippen molar-refractivity contribution in [1.29, 1.82) is 0 Å². The summed E-state index contributed by atoms with van der Waals surface area (Å²) >= 11 is 0. The molecular formula is C18H28Cl2N4O4. The number of piperazine rings is 1. The summed E-state index contributed by atoms with van der Waals surface area (Å²) < 4.78 is 5.51. The van der Waals surface area contributed by atoms with Crippen molar-refractivity contribution in [3.63, 3.8) is 0 Å². The van der Waals surface area contributed by atoms with Crippen LogP contribution in [0.2, 0.25) is 0 Å². The van der Waals surface area contributed by atoms with E-state index in [1.54, 1.807) is 29.3 Å². The van der Waals surface area contributed by atoms with E-state index in [-0.39, 0.29) is 24.8 Å². The Morgan fingerprint density at radius 2 is 1.75 bits per heavy atom. The fourth-order valence-corrected chi connectivity index (χ4v) is 3.35. The number of nitrogens with one attached hydrogen (secondary N) is 2. The average molecular weight is 435 g/mol. The number of halogens is 2. The largest absolute Gasteiger partial charge is 0.459 e. The third-order valence-corrected chi connectivity index (χ3v) is 4.75. The molecule has 0 spiro atoms. The second kappa shape index (κ2) is 12.8. The van der Waals surface area contributed by atoms with Gasteiger partial charge in [0.15, 0.2) is 0 Å². The number of hydrogen-bond acceptors (Lipinski definition) is 7. The number of ether oxygens (including phenoxy) is 1. The Bertz CT molecular complexity index is 582. The average Bonchev–Trinajstić information content (AvgIpc) is 2.70. The number of hydroxylamine groups is 2. The Hall–Kier alpha value is -1.58. The van der Waals surface area contributed by atoms with Gasteiger partial charge < -0.3 is 20.2 Å². The second-order valence-corrected chi connectivity index (χ2v) is 6.45. The molecular weight excluding hydrogens is 407 g/mol. The molecule has 1 aromatic carbocycles. The van der Waals surface area contributed by atoms with Gasteiger partial charge in [-0.15, -0.1) is 29.9 Å². The fourth-order valence-electron chi connectivity index (χ4n) is 3.35. The van der Waals surface area contributed by atoms with Gasteiger partial charge in [0.1, 0.15) is 5.75 Å². The fraction of sp³-hybridized carbons (Fsp3) is 0.556. The number of carbonyl (C=O) groups excluding carboxylic acids is 2. The normalized spacial score (nSPS) is 19.4. The van der Waals surface area contributed by atoms with Crippen molar-refractivity contribution in [1.82, 2.24) is 20.6 Å². The van der Waals surface area contributed by atoms with Gasteiger partial charge in [-0.3, -0.25) is 9.69 Å². The smallest absolute Gasteiger partial charge is 0.387 e. The van der Waals surface area contributed by atoms with Crippen LogP contribution in [0.4, 0.5) is 0 Å². The summed E-state index contributed by atoms with van der Waals surface area (Å²) in [4.78, 5) is 31.0. The Balaban J connectivity index is 0.00000196. The Labute approximate surface area is 177 Å². The summed E-state index contributed by atoms with van der Waals surface area (Å²) in [5.74, 6) is -0.143. The van der Waals surface area contributed by atoms with Crippen molar-refractivity contribution in [3.05, 3.63) is 30.3 Å². The first kappa shape index (κ1) is 24.5. The van der Waals surface area contributed by atoms with Crippen LogP contribution >= 0.6 is 24.8 Å². The lowest BCUT2D eigenvalue weighted by Gasteiger charge is -2.40. The minimum absolute atomic E-state index is 0. The van der Waals surface area contributed by atoms with Crippen LogP contribution in [0.25, 0.3) is 0 Å². The molecule has 3 rings (SSSR count). The van der Waals surface area contributed by atoms with E-state index in [0.717, 1.165) is 39.0 Å². The lowest BCUT2D eigenvalue weighted by molar-refractivity contribution is -0.207. The minimum atomic E-state index is -1.17. The number of nitrogens with zero attached hydrogens (tertiary/aromatic N) is 2. The Kier molecular flexibility index (Phi) is 11.2. The van der Waals surface area contributed by atoms with E-state index in [9.17, 15) is 9.59 Å². The van der Waals surface area contributed by atoms with Crippen LogP contribution in [0.3, 0.4) is 0 Å². The van der Waals surface area contributed by atoms with Crippen LogP contribution in [-0.2, 0) is 14.4 Å². The third kappa shape index (κ3) is 7.10. The van der Waals surface area contributed by atoms with Crippen molar-refractivity contribution in [2.24, 2.45) is 0 Å². The monoisotopic (exact) mass is 434 g/mol. The van der Waals surface area contributed by atoms with E-state index in [1.807, 2.05) is 6.07 Å². The molecule has 0 aliphatic carbocycles. The van der Waals surface area contributed by atoms with Crippen LogP contribution in [-0.4, -0.2) is 73.9 Å². The molecule has 28 heavy (non-hydrogen) atoms. The molecule has 1 aromatic rings. The van der Waals surface area contributed by atoms with Crippen molar-refractivity contribution in [2.45, 2.75) is 25.1 Å². The summed E-state index contributed by atoms with van der Waals surface area (Å²) in [6.45, 7) is 5.15. The molecule has 2 saturated heterocycles.